The van der Waals surface area contributed by atoms with Gasteiger partial charge in [-0.15, -0.1) is 0 Å². The molecule has 3 heteroatoms. The summed E-state index contributed by atoms with van der Waals surface area (Å²) >= 11 is 6.12. The molecule has 2 atom stereocenters. The van der Waals surface area contributed by atoms with Crippen molar-refractivity contribution < 1.29 is 4.74 Å². The number of nitrogens with one attached hydrogen (secondary N) is 1. The molecule has 0 aromatic heterocycles. The van der Waals surface area contributed by atoms with E-state index in [0.717, 1.165) is 29.2 Å². The zero-order chi connectivity index (χ0) is 14.8. The maximum absolute atomic E-state index is 6.25. The largest absolute Gasteiger partial charge is 0.485 e. The highest BCUT2D eigenvalue weighted by molar-refractivity contribution is 6.30. The molecule has 2 aromatic rings. The van der Waals surface area contributed by atoms with Crippen LogP contribution in [0.4, 0.5) is 0 Å². The van der Waals surface area contributed by atoms with Crippen molar-refractivity contribution in [1.29, 1.82) is 0 Å². The fourth-order valence-electron chi connectivity index (χ4n) is 3.08. The normalized spacial score (nSPS) is 20.7. The van der Waals surface area contributed by atoms with E-state index in [4.69, 9.17) is 16.3 Å². The maximum atomic E-state index is 6.25. The summed E-state index contributed by atoms with van der Waals surface area (Å²) in [4.78, 5) is 0. The fraction of sp³-hybridized carbons (Fsp3) is 0.333. The third kappa shape index (κ3) is 2.78. The molecule has 110 valence electrons. The first-order valence-electron chi connectivity index (χ1n) is 7.44. The molecular weight excluding hydrogens is 282 g/mol. The highest BCUT2D eigenvalue weighted by atomic mass is 35.5. The van der Waals surface area contributed by atoms with Gasteiger partial charge in [-0.2, -0.15) is 0 Å². The third-order valence-electron chi connectivity index (χ3n) is 4.20. The number of fused-ring (bicyclic) bond motifs is 1. The van der Waals surface area contributed by atoms with E-state index in [2.05, 4.69) is 36.5 Å². The van der Waals surface area contributed by atoms with Gasteiger partial charge < -0.3 is 10.1 Å². The van der Waals surface area contributed by atoms with Gasteiger partial charge in [-0.25, -0.2) is 0 Å². The van der Waals surface area contributed by atoms with Crippen LogP contribution in [0.25, 0.3) is 0 Å². The van der Waals surface area contributed by atoms with E-state index in [1.54, 1.807) is 0 Å². The van der Waals surface area contributed by atoms with Gasteiger partial charge >= 0.3 is 0 Å². The fourth-order valence-corrected chi connectivity index (χ4v) is 3.26. The Morgan fingerprint density at radius 1 is 1.19 bits per heavy atom. The van der Waals surface area contributed by atoms with Crippen LogP contribution >= 0.6 is 11.6 Å². The quantitative estimate of drug-likeness (QED) is 0.888. The summed E-state index contributed by atoms with van der Waals surface area (Å²) in [5.74, 6) is 0.931. The molecule has 2 aromatic carbocycles. The van der Waals surface area contributed by atoms with Crippen molar-refractivity contribution in [2.45, 2.75) is 31.9 Å². The van der Waals surface area contributed by atoms with Crippen LogP contribution in [-0.4, -0.2) is 7.05 Å². The van der Waals surface area contributed by atoms with Crippen LogP contribution in [0.2, 0.25) is 5.02 Å². The van der Waals surface area contributed by atoms with Gasteiger partial charge in [-0.05, 0) is 42.8 Å². The minimum atomic E-state index is 0.0901. The average Bonchev–Trinajstić information content (AvgIpc) is 2.53. The minimum Gasteiger partial charge on any atom is -0.485 e. The lowest BCUT2D eigenvalue weighted by Gasteiger charge is -2.33. The molecule has 1 aliphatic rings. The monoisotopic (exact) mass is 301 g/mol. The summed E-state index contributed by atoms with van der Waals surface area (Å²) in [6.07, 6.45) is 2.03. The van der Waals surface area contributed by atoms with Crippen molar-refractivity contribution in [3.05, 3.63) is 64.2 Å². The van der Waals surface area contributed by atoms with E-state index in [9.17, 15) is 0 Å². The molecule has 2 nitrogen and oxygen atoms in total. The molecule has 0 amide bonds. The molecule has 1 N–H and O–H groups in total. The van der Waals surface area contributed by atoms with Crippen LogP contribution in [0.5, 0.6) is 5.75 Å². The number of ether oxygens (including phenoxy) is 1. The number of benzene rings is 2. The topological polar surface area (TPSA) is 21.3 Å². The summed E-state index contributed by atoms with van der Waals surface area (Å²) in [6.45, 7) is 2.19. The Morgan fingerprint density at radius 2 is 2.00 bits per heavy atom. The summed E-state index contributed by atoms with van der Waals surface area (Å²) in [7, 11) is 1.99. The van der Waals surface area contributed by atoms with Crippen molar-refractivity contribution >= 4 is 11.6 Å². The van der Waals surface area contributed by atoms with Crippen molar-refractivity contribution in [3.63, 3.8) is 0 Å². The van der Waals surface area contributed by atoms with Gasteiger partial charge in [0.2, 0.25) is 0 Å². The van der Waals surface area contributed by atoms with Gasteiger partial charge in [0.25, 0.3) is 0 Å². The SMILES string of the molecule is CCc1ccccc1C1CC(NC)c2cc(Cl)ccc2O1. The zero-order valence-corrected chi connectivity index (χ0v) is 13.2. The van der Waals surface area contributed by atoms with E-state index in [1.165, 1.54) is 11.1 Å². The Kier molecular flexibility index (Phi) is 4.18. The molecule has 21 heavy (non-hydrogen) atoms. The van der Waals surface area contributed by atoms with E-state index < -0.39 is 0 Å². The highest BCUT2D eigenvalue weighted by Crippen LogP contribution is 2.42. The van der Waals surface area contributed by atoms with Crippen LogP contribution in [0.3, 0.4) is 0 Å². The molecule has 1 heterocycles. The third-order valence-corrected chi connectivity index (χ3v) is 4.43. The highest BCUT2D eigenvalue weighted by Gasteiger charge is 2.29. The molecule has 3 rings (SSSR count). The standard InChI is InChI=1S/C18H20ClNO/c1-3-12-6-4-5-7-14(12)18-11-16(20-2)15-10-13(19)8-9-17(15)21-18/h4-10,16,18,20H,3,11H2,1-2H3. The lowest BCUT2D eigenvalue weighted by Crippen LogP contribution is -2.27. The van der Waals surface area contributed by atoms with Crippen molar-refractivity contribution in [1.82, 2.24) is 5.32 Å². The molecule has 0 saturated heterocycles. The van der Waals surface area contributed by atoms with E-state index >= 15 is 0 Å². The van der Waals surface area contributed by atoms with Crippen LogP contribution in [-0.2, 0) is 6.42 Å². The molecule has 0 spiro atoms. The van der Waals surface area contributed by atoms with Crippen LogP contribution in [0.15, 0.2) is 42.5 Å². The van der Waals surface area contributed by atoms with Crippen molar-refractivity contribution in [2.75, 3.05) is 7.05 Å². The Labute approximate surface area is 131 Å². The number of halogens is 1. The molecule has 0 bridgehead atoms. The maximum Gasteiger partial charge on any atom is 0.126 e. The van der Waals surface area contributed by atoms with Crippen LogP contribution in [0, 0.1) is 0 Å². The Morgan fingerprint density at radius 3 is 2.76 bits per heavy atom. The van der Waals surface area contributed by atoms with Crippen molar-refractivity contribution in [2.24, 2.45) is 0 Å². The first-order chi connectivity index (χ1) is 10.2. The Bertz CT molecular complexity index is 641. The van der Waals surface area contributed by atoms with E-state index in [0.29, 0.717) is 0 Å². The summed E-state index contributed by atoms with van der Waals surface area (Å²) in [6, 6.07) is 14.7. The van der Waals surface area contributed by atoms with E-state index in [-0.39, 0.29) is 12.1 Å². The lowest BCUT2D eigenvalue weighted by atomic mass is 9.90. The second-order valence-electron chi connectivity index (χ2n) is 5.42. The van der Waals surface area contributed by atoms with Crippen LogP contribution < -0.4 is 10.1 Å². The number of hydrogen-bond acceptors (Lipinski definition) is 2. The Balaban J connectivity index is 1.99. The summed E-state index contributed by atoms with van der Waals surface area (Å²) < 4.78 is 6.25. The van der Waals surface area contributed by atoms with Gasteiger partial charge in [0.15, 0.2) is 0 Å². The summed E-state index contributed by atoms with van der Waals surface area (Å²) in [5.41, 5.74) is 3.80. The van der Waals surface area contributed by atoms with Gasteiger partial charge in [0.1, 0.15) is 11.9 Å². The molecule has 0 fully saturated rings. The first kappa shape index (κ1) is 14.4. The van der Waals surface area contributed by atoms with Crippen LogP contribution in [0.1, 0.15) is 42.2 Å². The Hall–Kier alpha value is -1.51. The molecule has 0 aliphatic carbocycles. The smallest absolute Gasteiger partial charge is 0.126 e. The van der Waals surface area contributed by atoms with Gasteiger partial charge in [0.05, 0.1) is 0 Å². The number of aryl methyl sites for hydroxylation is 1. The predicted octanol–water partition coefficient (Wildman–Crippen LogP) is 4.69. The molecular formula is C18H20ClNO. The minimum absolute atomic E-state index is 0.0901. The molecule has 2 unspecified atom stereocenters. The number of rotatable bonds is 3. The van der Waals surface area contributed by atoms with Gasteiger partial charge in [0, 0.05) is 23.0 Å². The van der Waals surface area contributed by atoms with Crippen molar-refractivity contribution in [3.8, 4) is 5.75 Å². The lowest BCUT2D eigenvalue weighted by molar-refractivity contribution is 0.153. The first-order valence-corrected chi connectivity index (χ1v) is 7.82. The average molecular weight is 302 g/mol. The second kappa shape index (κ2) is 6.08. The van der Waals surface area contributed by atoms with Gasteiger partial charge in [-0.3, -0.25) is 0 Å². The predicted molar refractivity (Wildman–Crippen MR) is 87.1 cm³/mol. The second-order valence-corrected chi connectivity index (χ2v) is 5.85. The molecule has 1 aliphatic heterocycles. The van der Waals surface area contributed by atoms with Gasteiger partial charge in [-0.1, -0.05) is 42.8 Å². The molecule has 0 saturated carbocycles. The molecule has 0 radical (unpaired) electrons. The zero-order valence-electron chi connectivity index (χ0n) is 12.4. The van der Waals surface area contributed by atoms with E-state index in [1.807, 2.05) is 25.2 Å². The summed E-state index contributed by atoms with van der Waals surface area (Å²) in [5, 5.41) is 4.14. The number of hydrogen-bond donors (Lipinski definition) is 1.